The van der Waals surface area contributed by atoms with E-state index in [1.54, 1.807) is 41.2 Å². The Morgan fingerprint density at radius 1 is 1.15 bits per heavy atom. The molecule has 224 valence electrons. The smallest absolute Gasteiger partial charge is 0.312 e. The predicted molar refractivity (Wildman–Crippen MR) is 155 cm³/mol. The van der Waals surface area contributed by atoms with Gasteiger partial charge in [-0.1, -0.05) is 31.9 Å². The molecule has 2 unspecified atom stereocenters. The van der Waals surface area contributed by atoms with Crippen molar-refractivity contribution in [2.45, 2.75) is 75.5 Å². The number of rotatable bonds is 16. The van der Waals surface area contributed by atoms with E-state index in [1.165, 1.54) is 0 Å². The molecule has 41 heavy (non-hydrogen) atoms. The number of amides is 2. The van der Waals surface area contributed by atoms with Crippen LogP contribution in [0.25, 0.3) is 0 Å². The number of methoxy groups -OCH3 is 1. The summed E-state index contributed by atoms with van der Waals surface area (Å²) < 4.78 is 17.8. The van der Waals surface area contributed by atoms with Crippen LogP contribution in [-0.2, 0) is 23.9 Å². The van der Waals surface area contributed by atoms with Gasteiger partial charge in [-0.25, -0.2) is 0 Å². The van der Waals surface area contributed by atoms with Crippen molar-refractivity contribution in [3.63, 3.8) is 0 Å². The van der Waals surface area contributed by atoms with Crippen molar-refractivity contribution in [1.29, 1.82) is 0 Å². The minimum atomic E-state index is -1.12. The number of hydrogen-bond acceptors (Lipinski definition) is 7. The normalized spacial score (nSPS) is 27.9. The van der Waals surface area contributed by atoms with Crippen molar-refractivity contribution in [3.05, 3.63) is 49.6 Å². The highest BCUT2D eigenvalue weighted by Crippen LogP contribution is 2.64. The lowest BCUT2D eigenvalue weighted by atomic mass is 9.65. The van der Waals surface area contributed by atoms with Crippen molar-refractivity contribution in [2.75, 3.05) is 38.3 Å². The maximum absolute atomic E-state index is 14.6. The van der Waals surface area contributed by atoms with Gasteiger partial charge in [-0.05, 0) is 62.8 Å². The Morgan fingerprint density at radius 3 is 2.51 bits per heavy atom. The summed E-state index contributed by atoms with van der Waals surface area (Å²) in [6, 6.07) is 6.31. The van der Waals surface area contributed by atoms with Gasteiger partial charge in [0, 0.05) is 25.4 Å². The Balaban J connectivity index is 1.73. The lowest BCUT2D eigenvalue weighted by Crippen LogP contribution is -2.56. The van der Waals surface area contributed by atoms with Crippen molar-refractivity contribution < 1.29 is 33.7 Å². The largest absolute Gasteiger partial charge is 0.497 e. The van der Waals surface area contributed by atoms with Crippen molar-refractivity contribution in [1.82, 2.24) is 4.90 Å². The summed E-state index contributed by atoms with van der Waals surface area (Å²) in [6.45, 7) is 10.4. The minimum absolute atomic E-state index is 0.121. The molecule has 5 atom stereocenters. The number of fused-ring (bicyclic) bond motifs is 1. The summed E-state index contributed by atoms with van der Waals surface area (Å²) in [4.78, 5) is 45.7. The number of anilines is 1. The monoisotopic (exact) mass is 568 g/mol. The van der Waals surface area contributed by atoms with Crippen LogP contribution in [0.1, 0.15) is 58.3 Å². The second-order valence-electron chi connectivity index (χ2n) is 11.2. The number of likely N-dealkylation sites (tertiary alicyclic amines) is 1. The Hall–Kier alpha value is -3.17. The van der Waals surface area contributed by atoms with Gasteiger partial charge in [0.15, 0.2) is 0 Å². The molecule has 1 aromatic rings. The van der Waals surface area contributed by atoms with Crippen LogP contribution in [0.15, 0.2) is 49.6 Å². The molecule has 0 aromatic heterocycles. The van der Waals surface area contributed by atoms with E-state index in [0.717, 1.165) is 12.8 Å². The fourth-order valence-corrected chi connectivity index (χ4v) is 7.04. The SMILES string of the molecule is C=CCCOC(=O)[C@H]1[C@H]2C(=O)N(CCCCCCO)C(C(=O)N(CC=C)c3ccc(OC)cc3)C23CC[C@]1(CC)O3. The summed E-state index contributed by atoms with van der Waals surface area (Å²) in [5.74, 6) is -1.82. The average Bonchev–Trinajstić information content (AvgIpc) is 3.59. The highest BCUT2D eigenvalue weighted by Gasteiger charge is 2.79. The molecule has 4 rings (SSSR count). The topological polar surface area (TPSA) is 106 Å². The van der Waals surface area contributed by atoms with Gasteiger partial charge in [0.2, 0.25) is 5.91 Å². The van der Waals surface area contributed by atoms with Gasteiger partial charge in [0.1, 0.15) is 23.3 Å². The first kappa shape index (κ1) is 30.8. The van der Waals surface area contributed by atoms with E-state index in [0.29, 0.717) is 56.5 Å². The first-order chi connectivity index (χ1) is 19.8. The fraction of sp³-hybridized carbons (Fsp3) is 0.594. The number of aliphatic hydroxyl groups is 1. The number of esters is 1. The van der Waals surface area contributed by atoms with Crippen LogP contribution >= 0.6 is 0 Å². The number of carbonyl (C=O) groups excluding carboxylic acids is 3. The molecule has 1 aromatic carbocycles. The molecule has 3 heterocycles. The number of unbranched alkanes of at least 4 members (excludes halogenated alkanes) is 3. The molecule has 9 heteroatoms. The Bertz CT molecular complexity index is 1120. The maximum Gasteiger partial charge on any atom is 0.312 e. The van der Waals surface area contributed by atoms with Gasteiger partial charge in [-0.15, -0.1) is 13.2 Å². The summed E-state index contributed by atoms with van der Waals surface area (Å²) in [7, 11) is 1.58. The number of ether oxygens (including phenoxy) is 3. The molecule has 2 amide bonds. The van der Waals surface area contributed by atoms with Crippen LogP contribution in [0.3, 0.4) is 0 Å². The lowest BCUT2D eigenvalue weighted by molar-refractivity contribution is -0.160. The quantitative estimate of drug-likeness (QED) is 0.182. The van der Waals surface area contributed by atoms with Gasteiger partial charge in [-0.3, -0.25) is 14.4 Å². The van der Waals surface area contributed by atoms with Gasteiger partial charge in [0.05, 0.1) is 25.2 Å². The summed E-state index contributed by atoms with van der Waals surface area (Å²) >= 11 is 0. The summed E-state index contributed by atoms with van der Waals surface area (Å²) in [5.41, 5.74) is -1.31. The molecule has 3 fully saturated rings. The number of benzene rings is 1. The van der Waals surface area contributed by atoms with E-state index < -0.39 is 35.0 Å². The first-order valence-corrected chi connectivity index (χ1v) is 14.8. The molecule has 3 saturated heterocycles. The Morgan fingerprint density at radius 2 is 1.88 bits per heavy atom. The third-order valence-electron chi connectivity index (χ3n) is 9.00. The second-order valence-corrected chi connectivity index (χ2v) is 11.2. The van der Waals surface area contributed by atoms with E-state index in [1.807, 2.05) is 19.1 Å². The van der Waals surface area contributed by atoms with Crippen LogP contribution in [0, 0.1) is 11.8 Å². The van der Waals surface area contributed by atoms with Gasteiger partial charge in [0.25, 0.3) is 5.91 Å². The minimum Gasteiger partial charge on any atom is -0.497 e. The third kappa shape index (κ3) is 5.54. The number of aliphatic hydroxyl groups excluding tert-OH is 1. The Labute approximate surface area is 243 Å². The molecule has 1 spiro atoms. The van der Waals surface area contributed by atoms with E-state index in [-0.39, 0.29) is 31.6 Å². The molecule has 9 nitrogen and oxygen atoms in total. The second kappa shape index (κ2) is 13.2. The molecule has 3 aliphatic heterocycles. The maximum atomic E-state index is 14.6. The average molecular weight is 569 g/mol. The molecular formula is C32H44N2O7. The van der Waals surface area contributed by atoms with Crippen molar-refractivity contribution in [2.24, 2.45) is 11.8 Å². The lowest BCUT2D eigenvalue weighted by Gasteiger charge is -2.37. The molecule has 2 bridgehead atoms. The highest BCUT2D eigenvalue weighted by molar-refractivity contribution is 6.04. The van der Waals surface area contributed by atoms with Crippen LogP contribution in [0.2, 0.25) is 0 Å². The van der Waals surface area contributed by atoms with Crippen LogP contribution in [-0.4, -0.2) is 78.4 Å². The van der Waals surface area contributed by atoms with E-state index in [9.17, 15) is 19.5 Å². The van der Waals surface area contributed by atoms with E-state index in [4.69, 9.17) is 14.2 Å². The highest BCUT2D eigenvalue weighted by atomic mass is 16.6. The molecule has 0 aliphatic carbocycles. The molecule has 3 aliphatic rings. The van der Waals surface area contributed by atoms with E-state index >= 15 is 0 Å². The number of nitrogens with zero attached hydrogens (tertiary/aromatic N) is 2. The zero-order valence-electron chi connectivity index (χ0n) is 24.4. The molecule has 0 radical (unpaired) electrons. The van der Waals surface area contributed by atoms with Crippen molar-refractivity contribution in [3.8, 4) is 5.75 Å². The van der Waals surface area contributed by atoms with Gasteiger partial charge < -0.3 is 29.1 Å². The van der Waals surface area contributed by atoms with Crippen LogP contribution in [0.5, 0.6) is 5.75 Å². The van der Waals surface area contributed by atoms with Gasteiger partial charge >= 0.3 is 5.97 Å². The van der Waals surface area contributed by atoms with Crippen molar-refractivity contribution >= 4 is 23.5 Å². The standard InChI is InChI=1S/C32H44N2O7/c1-5-8-22-40-30(38)26-25-28(36)34(20-11-9-10-12-21-35)27(32(25)18-17-31(26,7-3)41-32)29(37)33(19-6-2)23-13-15-24(39-4)16-14-23/h5-6,13-16,25-27,35H,1-2,7-12,17-22H2,3-4H3/t25-,26+,27?,31-,32?/m0/s1. The summed E-state index contributed by atoms with van der Waals surface area (Å²) in [5, 5.41) is 9.18. The predicted octanol–water partition coefficient (Wildman–Crippen LogP) is 4.04. The van der Waals surface area contributed by atoms with Gasteiger partial charge in [-0.2, -0.15) is 0 Å². The zero-order chi connectivity index (χ0) is 29.6. The summed E-state index contributed by atoms with van der Waals surface area (Å²) in [6.07, 6.45) is 8.49. The third-order valence-corrected chi connectivity index (χ3v) is 9.00. The van der Waals surface area contributed by atoms with Crippen LogP contribution < -0.4 is 9.64 Å². The number of carbonyl (C=O) groups is 3. The molecular weight excluding hydrogens is 524 g/mol. The Kier molecular flexibility index (Phi) is 9.92. The molecule has 1 N–H and O–H groups in total. The molecule has 0 saturated carbocycles. The first-order valence-electron chi connectivity index (χ1n) is 14.8. The zero-order valence-corrected chi connectivity index (χ0v) is 24.4. The van der Waals surface area contributed by atoms with Crippen LogP contribution in [0.4, 0.5) is 5.69 Å². The van der Waals surface area contributed by atoms with E-state index in [2.05, 4.69) is 13.2 Å². The fourth-order valence-electron chi connectivity index (χ4n) is 7.04. The number of hydrogen-bond donors (Lipinski definition) is 1.